The summed E-state index contributed by atoms with van der Waals surface area (Å²) in [6.45, 7) is 2.93. The Labute approximate surface area is 94.0 Å². The van der Waals surface area contributed by atoms with E-state index in [-0.39, 0.29) is 0 Å². The lowest BCUT2D eigenvalue weighted by Crippen LogP contribution is -2.12. The number of nitrogens with zero attached hydrogens (tertiary/aromatic N) is 2. The van der Waals surface area contributed by atoms with Gasteiger partial charge in [0.2, 0.25) is 5.88 Å². The maximum absolute atomic E-state index is 5.61. The van der Waals surface area contributed by atoms with Crippen molar-refractivity contribution in [3.05, 3.63) is 17.3 Å². The van der Waals surface area contributed by atoms with Gasteiger partial charge in [-0.3, -0.25) is 0 Å². The van der Waals surface area contributed by atoms with E-state index in [9.17, 15) is 0 Å². The van der Waals surface area contributed by atoms with E-state index in [0.717, 1.165) is 25.4 Å². The van der Waals surface area contributed by atoms with Crippen molar-refractivity contribution >= 4 is 11.6 Å². The molecule has 0 amide bonds. The van der Waals surface area contributed by atoms with Crippen LogP contribution in [0.4, 0.5) is 0 Å². The standard InChI is InChI=1S/C10H14ClN3O/c11-9-1-2-10(14-13-9)15-6-4-8-3-5-12-7-8/h1-2,8,12H,3-7H2. The largest absolute Gasteiger partial charge is 0.477 e. The Morgan fingerprint density at radius 3 is 3.07 bits per heavy atom. The number of rotatable bonds is 4. The van der Waals surface area contributed by atoms with Gasteiger partial charge in [0.1, 0.15) is 0 Å². The van der Waals surface area contributed by atoms with E-state index in [1.165, 1.54) is 6.42 Å². The van der Waals surface area contributed by atoms with Crippen molar-refractivity contribution in [1.29, 1.82) is 0 Å². The molecule has 1 saturated heterocycles. The van der Waals surface area contributed by atoms with Crippen LogP contribution in [0, 0.1) is 5.92 Å². The normalized spacial score (nSPS) is 20.5. The molecule has 0 aromatic carbocycles. The van der Waals surface area contributed by atoms with Crippen molar-refractivity contribution in [3.8, 4) is 5.88 Å². The second kappa shape index (κ2) is 5.28. The third-order valence-corrected chi connectivity index (χ3v) is 2.75. The third kappa shape index (κ3) is 3.32. The van der Waals surface area contributed by atoms with Gasteiger partial charge in [0, 0.05) is 6.07 Å². The minimum absolute atomic E-state index is 0.391. The summed E-state index contributed by atoms with van der Waals surface area (Å²) in [5.41, 5.74) is 0. The van der Waals surface area contributed by atoms with Gasteiger partial charge < -0.3 is 10.1 Å². The monoisotopic (exact) mass is 227 g/mol. The summed E-state index contributed by atoms with van der Waals surface area (Å²) in [6.07, 6.45) is 2.31. The summed E-state index contributed by atoms with van der Waals surface area (Å²) in [6, 6.07) is 3.42. The minimum atomic E-state index is 0.391. The first kappa shape index (κ1) is 10.6. The highest BCUT2D eigenvalue weighted by atomic mass is 35.5. The molecule has 0 radical (unpaired) electrons. The van der Waals surface area contributed by atoms with Gasteiger partial charge in [0.15, 0.2) is 5.15 Å². The summed E-state index contributed by atoms with van der Waals surface area (Å²) in [7, 11) is 0. The lowest BCUT2D eigenvalue weighted by atomic mass is 10.1. The smallest absolute Gasteiger partial charge is 0.233 e. The van der Waals surface area contributed by atoms with Gasteiger partial charge in [-0.05, 0) is 37.9 Å². The SMILES string of the molecule is Clc1ccc(OCCC2CCNC2)nn1. The van der Waals surface area contributed by atoms with Crippen LogP contribution in [-0.2, 0) is 0 Å². The summed E-state index contributed by atoms with van der Waals surface area (Å²) in [5.74, 6) is 1.29. The Kier molecular flexibility index (Phi) is 3.75. The number of aromatic nitrogens is 2. The second-order valence-electron chi connectivity index (χ2n) is 3.69. The maximum atomic E-state index is 5.61. The zero-order valence-electron chi connectivity index (χ0n) is 8.45. The highest BCUT2D eigenvalue weighted by molar-refractivity contribution is 6.29. The number of halogens is 1. The van der Waals surface area contributed by atoms with Crippen molar-refractivity contribution in [1.82, 2.24) is 15.5 Å². The first-order chi connectivity index (χ1) is 7.34. The van der Waals surface area contributed by atoms with Crippen molar-refractivity contribution in [2.24, 2.45) is 5.92 Å². The first-order valence-electron chi connectivity index (χ1n) is 5.17. The molecule has 0 aliphatic carbocycles. The van der Waals surface area contributed by atoms with Crippen LogP contribution in [0.2, 0.25) is 5.15 Å². The van der Waals surface area contributed by atoms with Crippen LogP contribution in [0.25, 0.3) is 0 Å². The summed E-state index contributed by atoms with van der Waals surface area (Å²) >= 11 is 5.61. The van der Waals surface area contributed by atoms with Gasteiger partial charge in [-0.15, -0.1) is 10.2 Å². The van der Waals surface area contributed by atoms with Gasteiger partial charge in [-0.1, -0.05) is 11.6 Å². The van der Waals surface area contributed by atoms with Crippen molar-refractivity contribution in [2.75, 3.05) is 19.7 Å². The number of ether oxygens (including phenoxy) is 1. The van der Waals surface area contributed by atoms with Crippen LogP contribution in [0.15, 0.2) is 12.1 Å². The van der Waals surface area contributed by atoms with Crippen LogP contribution in [-0.4, -0.2) is 29.9 Å². The zero-order chi connectivity index (χ0) is 10.5. The number of hydrogen-bond acceptors (Lipinski definition) is 4. The summed E-state index contributed by atoms with van der Waals surface area (Å²) in [4.78, 5) is 0. The molecule has 0 spiro atoms. The Hall–Kier alpha value is -0.870. The van der Waals surface area contributed by atoms with E-state index in [2.05, 4.69) is 15.5 Å². The van der Waals surface area contributed by atoms with Gasteiger partial charge in [0.05, 0.1) is 6.61 Å². The summed E-state index contributed by atoms with van der Waals surface area (Å²) in [5, 5.41) is 11.2. The molecule has 15 heavy (non-hydrogen) atoms. The fourth-order valence-corrected chi connectivity index (χ4v) is 1.77. The van der Waals surface area contributed by atoms with E-state index < -0.39 is 0 Å². The molecule has 1 unspecified atom stereocenters. The van der Waals surface area contributed by atoms with E-state index in [0.29, 0.717) is 17.6 Å². The van der Waals surface area contributed by atoms with Crippen LogP contribution in [0.5, 0.6) is 5.88 Å². The molecule has 1 N–H and O–H groups in total. The molecular formula is C10H14ClN3O. The molecule has 2 heterocycles. The van der Waals surface area contributed by atoms with Crippen LogP contribution < -0.4 is 10.1 Å². The highest BCUT2D eigenvalue weighted by Crippen LogP contribution is 2.13. The number of hydrogen-bond donors (Lipinski definition) is 1. The van der Waals surface area contributed by atoms with E-state index in [1.54, 1.807) is 12.1 Å². The molecule has 1 aliphatic heterocycles. The average molecular weight is 228 g/mol. The molecule has 2 rings (SSSR count). The lowest BCUT2D eigenvalue weighted by Gasteiger charge is -2.08. The molecule has 1 aromatic rings. The highest BCUT2D eigenvalue weighted by Gasteiger charge is 2.13. The van der Waals surface area contributed by atoms with Crippen molar-refractivity contribution < 1.29 is 4.74 Å². The minimum Gasteiger partial charge on any atom is -0.477 e. The molecule has 82 valence electrons. The van der Waals surface area contributed by atoms with Crippen molar-refractivity contribution in [2.45, 2.75) is 12.8 Å². The van der Waals surface area contributed by atoms with Crippen LogP contribution in [0.1, 0.15) is 12.8 Å². The van der Waals surface area contributed by atoms with Crippen LogP contribution >= 0.6 is 11.6 Å². The molecule has 1 atom stereocenters. The zero-order valence-corrected chi connectivity index (χ0v) is 9.20. The van der Waals surface area contributed by atoms with Gasteiger partial charge in [-0.25, -0.2) is 0 Å². The maximum Gasteiger partial charge on any atom is 0.233 e. The lowest BCUT2D eigenvalue weighted by molar-refractivity contribution is 0.271. The third-order valence-electron chi connectivity index (χ3n) is 2.55. The Balaban J connectivity index is 1.71. The first-order valence-corrected chi connectivity index (χ1v) is 5.55. The van der Waals surface area contributed by atoms with E-state index in [4.69, 9.17) is 16.3 Å². The molecule has 4 nitrogen and oxygen atoms in total. The molecular weight excluding hydrogens is 214 g/mol. The summed E-state index contributed by atoms with van der Waals surface area (Å²) < 4.78 is 5.46. The van der Waals surface area contributed by atoms with Gasteiger partial charge in [0.25, 0.3) is 0 Å². The van der Waals surface area contributed by atoms with E-state index in [1.807, 2.05) is 0 Å². The molecule has 5 heteroatoms. The predicted molar refractivity (Wildman–Crippen MR) is 58.1 cm³/mol. The Bertz CT molecular complexity index is 298. The molecule has 1 fully saturated rings. The number of nitrogens with one attached hydrogen (secondary N) is 1. The van der Waals surface area contributed by atoms with Gasteiger partial charge >= 0.3 is 0 Å². The quantitative estimate of drug-likeness (QED) is 0.847. The second-order valence-corrected chi connectivity index (χ2v) is 4.08. The fourth-order valence-electron chi connectivity index (χ4n) is 1.67. The topological polar surface area (TPSA) is 47.0 Å². The molecule has 0 bridgehead atoms. The molecule has 0 saturated carbocycles. The average Bonchev–Trinajstić information content (AvgIpc) is 2.74. The van der Waals surface area contributed by atoms with E-state index >= 15 is 0 Å². The van der Waals surface area contributed by atoms with Gasteiger partial charge in [-0.2, -0.15) is 0 Å². The molecule has 1 aromatic heterocycles. The Morgan fingerprint density at radius 1 is 1.47 bits per heavy atom. The van der Waals surface area contributed by atoms with Crippen molar-refractivity contribution in [3.63, 3.8) is 0 Å². The van der Waals surface area contributed by atoms with Crippen LogP contribution in [0.3, 0.4) is 0 Å². The Morgan fingerprint density at radius 2 is 2.40 bits per heavy atom. The molecule has 1 aliphatic rings. The predicted octanol–water partition coefficient (Wildman–Crippen LogP) is 1.51. The fraction of sp³-hybridized carbons (Fsp3) is 0.600.